The second-order valence-electron chi connectivity index (χ2n) is 6.97. The van der Waals surface area contributed by atoms with E-state index in [1.54, 1.807) is 7.11 Å². The fraction of sp³-hybridized carbons (Fsp3) is 0.500. The number of aryl methyl sites for hydroxylation is 1. The van der Waals surface area contributed by atoms with E-state index in [-0.39, 0.29) is 12.0 Å². The van der Waals surface area contributed by atoms with Gasteiger partial charge in [0, 0.05) is 22.9 Å². The molecule has 1 fully saturated rings. The van der Waals surface area contributed by atoms with Crippen LogP contribution < -0.4 is 4.74 Å². The second kappa shape index (κ2) is 7.68. The predicted octanol–water partition coefficient (Wildman–Crippen LogP) is 3.88. The number of rotatable bonds is 6. The zero-order valence-electron chi connectivity index (χ0n) is 14.6. The van der Waals surface area contributed by atoms with Gasteiger partial charge >= 0.3 is 0 Å². The molecule has 0 aliphatic carbocycles. The summed E-state index contributed by atoms with van der Waals surface area (Å²) in [5.41, 5.74) is 1.31. The average molecular weight is 346 g/mol. The first-order valence-electron chi connectivity index (χ1n) is 8.64. The number of aliphatic hydroxyl groups excluding tert-OH is 1. The lowest BCUT2D eigenvalue weighted by atomic mass is 9.74. The number of aliphatic hydroxyl groups is 1. The maximum atomic E-state index is 10.0. The van der Waals surface area contributed by atoms with Crippen LogP contribution >= 0.6 is 11.3 Å². The van der Waals surface area contributed by atoms with Crippen molar-refractivity contribution in [1.82, 2.24) is 4.90 Å². The molecule has 3 rings (SSSR count). The van der Waals surface area contributed by atoms with Gasteiger partial charge in [0.2, 0.25) is 0 Å². The van der Waals surface area contributed by atoms with E-state index in [1.807, 2.05) is 23.5 Å². The van der Waals surface area contributed by atoms with Crippen molar-refractivity contribution >= 4 is 11.3 Å². The summed E-state index contributed by atoms with van der Waals surface area (Å²) < 4.78 is 5.23. The highest BCUT2D eigenvalue weighted by Crippen LogP contribution is 2.35. The highest BCUT2D eigenvalue weighted by atomic mass is 32.1. The van der Waals surface area contributed by atoms with E-state index in [4.69, 9.17) is 4.74 Å². The predicted molar refractivity (Wildman–Crippen MR) is 99.8 cm³/mol. The summed E-state index contributed by atoms with van der Waals surface area (Å²) in [6, 6.07) is 12.7. The fourth-order valence-electron chi connectivity index (χ4n) is 3.54. The lowest BCUT2D eigenvalue weighted by Crippen LogP contribution is -2.42. The van der Waals surface area contributed by atoms with Crippen molar-refractivity contribution < 1.29 is 9.84 Å². The molecule has 1 aliphatic heterocycles. The van der Waals surface area contributed by atoms with Crippen LogP contribution in [0, 0.1) is 12.3 Å². The topological polar surface area (TPSA) is 32.7 Å². The van der Waals surface area contributed by atoms with Gasteiger partial charge in [0.15, 0.2) is 0 Å². The van der Waals surface area contributed by atoms with Gasteiger partial charge in [0.1, 0.15) is 5.75 Å². The summed E-state index contributed by atoms with van der Waals surface area (Å²) in [6.45, 7) is 5.60. The zero-order chi connectivity index (χ0) is 17.0. The van der Waals surface area contributed by atoms with Crippen molar-refractivity contribution in [3.05, 3.63) is 51.7 Å². The van der Waals surface area contributed by atoms with E-state index in [1.165, 1.54) is 15.3 Å². The standard InChI is InChI=1S/C20H27NO2S/c1-16-3-8-19(24-16)14-21-11-9-20(15-22,10-12-21)13-17-4-6-18(23-2)7-5-17/h3-8,22H,9-15H2,1-2H3. The number of hydrogen-bond donors (Lipinski definition) is 1. The molecule has 1 aliphatic rings. The Labute approximate surface area is 148 Å². The Morgan fingerprint density at radius 2 is 1.83 bits per heavy atom. The van der Waals surface area contributed by atoms with Gasteiger partial charge in [-0.2, -0.15) is 0 Å². The number of nitrogens with zero attached hydrogens (tertiary/aromatic N) is 1. The molecule has 0 amide bonds. The summed E-state index contributed by atoms with van der Waals surface area (Å²) in [7, 11) is 1.69. The van der Waals surface area contributed by atoms with Crippen LogP contribution in [0.4, 0.5) is 0 Å². The molecule has 24 heavy (non-hydrogen) atoms. The smallest absolute Gasteiger partial charge is 0.118 e. The van der Waals surface area contributed by atoms with Crippen LogP contribution in [0.15, 0.2) is 36.4 Å². The van der Waals surface area contributed by atoms with Crippen molar-refractivity contribution in [3.8, 4) is 5.75 Å². The van der Waals surface area contributed by atoms with E-state index >= 15 is 0 Å². The van der Waals surface area contributed by atoms with Gasteiger partial charge in [0.25, 0.3) is 0 Å². The SMILES string of the molecule is COc1ccc(CC2(CO)CCN(Cc3ccc(C)s3)CC2)cc1. The monoisotopic (exact) mass is 345 g/mol. The Kier molecular flexibility index (Phi) is 5.59. The number of benzene rings is 1. The van der Waals surface area contributed by atoms with Crippen molar-refractivity contribution in [2.45, 2.75) is 32.7 Å². The first-order valence-corrected chi connectivity index (χ1v) is 9.46. The van der Waals surface area contributed by atoms with E-state index in [2.05, 4.69) is 36.1 Å². The van der Waals surface area contributed by atoms with Crippen LogP contribution in [0.5, 0.6) is 5.75 Å². The Bertz CT molecular complexity index is 642. The molecule has 0 saturated carbocycles. The van der Waals surface area contributed by atoms with Crippen LogP contribution in [0.3, 0.4) is 0 Å². The summed E-state index contributed by atoms with van der Waals surface area (Å²) >= 11 is 1.89. The first kappa shape index (κ1) is 17.5. The summed E-state index contributed by atoms with van der Waals surface area (Å²) in [4.78, 5) is 5.35. The Balaban J connectivity index is 1.58. The van der Waals surface area contributed by atoms with Gasteiger partial charge in [-0.1, -0.05) is 12.1 Å². The van der Waals surface area contributed by atoms with Crippen LogP contribution in [-0.4, -0.2) is 36.8 Å². The molecule has 0 spiro atoms. The van der Waals surface area contributed by atoms with Gasteiger partial charge < -0.3 is 9.84 Å². The molecule has 4 heteroatoms. The van der Waals surface area contributed by atoms with E-state index in [0.717, 1.165) is 44.6 Å². The molecule has 0 atom stereocenters. The molecule has 1 N–H and O–H groups in total. The van der Waals surface area contributed by atoms with Crippen molar-refractivity contribution in [2.24, 2.45) is 5.41 Å². The van der Waals surface area contributed by atoms with Gasteiger partial charge in [-0.3, -0.25) is 4.90 Å². The molecule has 1 aromatic carbocycles. The van der Waals surface area contributed by atoms with Crippen molar-refractivity contribution in [1.29, 1.82) is 0 Å². The quantitative estimate of drug-likeness (QED) is 0.862. The van der Waals surface area contributed by atoms with Crippen LogP contribution in [0.2, 0.25) is 0 Å². The Morgan fingerprint density at radius 3 is 2.38 bits per heavy atom. The van der Waals surface area contributed by atoms with Gasteiger partial charge in [-0.15, -0.1) is 11.3 Å². The summed E-state index contributed by atoms with van der Waals surface area (Å²) in [6.07, 6.45) is 3.05. The largest absolute Gasteiger partial charge is 0.497 e. The molecule has 3 nitrogen and oxygen atoms in total. The average Bonchev–Trinajstić information content (AvgIpc) is 3.02. The number of methoxy groups -OCH3 is 1. The molecule has 1 saturated heterocycles. The first-order chi connectivity index (χ1) is 11.6. The zero-order valence-corrected chi connectivity index (χ0v) is 15.4. The third-order valence-corrected chi connectivity index (χ3v) is 6.15. The lowest BCUT2D eigenvalue weighted by Gasteiger charge is -2.41. The molecular weight excluding hydrogens is 318 g/mol. The minimum atomic E-state index is 0.0243. The molecule has 0 radical (unpaired) electrons. The number of thiophene rings is 1. The molecule has 0 unspecified atom stereocenters. The summed E-state index contributed by atoms with van der Waals surface area (Å²) in [5.74, 6) is 0.887. The van der Waals surface area contributed by atoms with Crippen molar-refractivity contribution in [2.75, 3.05) is 26.8 Å². The van der Waals surface area contributed by atoms with Gasteiger partial charge in [-0.05, 0) is 74.5 Å². The second-order valence-corrected chi connectivity index (χ2v) is 8.34. The Hall–Kier alpha value is -1.36. The van der Waals surface area contributed by atoms with E-state index < -0.39 is 0 Å². The highest BCUT2D eigenvalue weighted by Gasteiger charge is 2.34. The van der Waals surface area contributed by atoms with Crippen LogP contribution in [0.25, 0.3) is 0 Å². The number of piperidine rings is 1. The van der Waals surface area contributed by atoms with Crippen LogP contribution in [-0.2, 0) is 13.0 Å². The normalized spacial score (nSPS) is 17.8. The number of hydrogen-bond acceptors (Lipinski definition) is 4. The number of likely N-dealkylation sites (tertiary alicyclic amines) is 1. The minimum Gasteiger partial charge on any atom is -0.497 e. The van der Waals surface area contributed by atoms with Crippen molar-refractivity contribution in [3.63, 3.8) is 0 Å². The molecule has 130 valence electrons. The summed E-state index contributed by atoms with van der Waals surface area (Å²) in [5, 5.41) is 10.0. The highest BCUT2D eigenvalue weighted by molar-refractivity contribution is 7.11. The van der Waals surface area contributed by atoms with Crippen LogP contribution in [0.1, 0.15) is 28.2 Å². The maximum absolute atomic E-state index is 10.0. The van der Waals surface area contributed by atoms with Gasteiger partial charge in [0.05, 0.1) is 7.11 Å². The third-order valence-electron chi connectivity index (χ3n) is 5.17. The Morgan fingerprint density at radius 1 is 1.12 bits per heavy atom. The third kappa shape index (κ3) is 4.18. The molecular formula is C20H27NO2S. The maximum Gasteiger partial charge on any atom is 0.118 e. The molecule has 2 heterocycles. The lowest BCUT2D eigenvalue weighted by molar-refractivity contribution is 0.0417. The molecule has 2 aromatic rings. The molecule has 0 bridgehead atoms. The molecule has 1 aromatic heterocycles. The fourth-order valence-corrected chi connectivity index (χ4v) is 4.48. The minimum absolute atomic E-state index is 0.0243. The van der Waals surface area contributed by atoms with E-state index in [9.17, 15) is 5.11 Å². The van der Waals surface area contributed by atoms with Gasteiger partial charge in [-0.25, -0.2) is 0 Å². The number of ether oxygens (including phenoxy) is 1. The van der Waals surface area contributed by atoms with E-state index in [0.29, 0.717) is 0 Å².